The number of aromatic nitrogens is 3. The van der Waals surface area contributed by atoms with E-state index in [2.05, 4.69) is 10.2 Å². The second-order valence-electron chi connectivity index (χ2n) is 4.09. The summed E-state index contributed by atoms with van der Waals surface area (Å²) in [6.07, 6.45) is 1.98. The second kappa shape index (κ2) is 4.03. The summed E-state index contributed by atoms with van der Waals surface area (Å²) in [5.74, 6) is 1.47. The molecule has 2 aromatic heterocycles. The van der Waals surface area contributed by atoms with E-state index >= 15 is 0 Å². The highest BCUT2D eigenvalue weighted by atomic mass is 35.5. The van der Waals surface area contributed by atoms with E-state index in [0.717, 1.165) is 37.5 Å². The summed E-state index contributed by atoms with van der Waals surface area (Å²) in [6, 6.07) is 5.65. The molecule has 5 heteroatoms. The molecule has 1 unspecified atom stereocenters. The number of nitrogens with zero attached hydrogens (tertiary/aromatic N) is 3. The molecule has 0 amide bonds. The minimum Gasteiger partial charge on any atom is -0.381 e. The third-order valence-corrected chi connectivity index (χ3v) is 3.24. The molecule has 0 saturated carbocycles. The Morgan fingerprint density at radius 1 is 1.44 bits per heavy atom. The van der Waals surface area contributed by atoms with Crippen molar-refractivity contribution in [3.05, 3.63) is 29.2 Å². The van der Waals surface area contributed by atoms with Crippen molar-refractivity contribution in [2.24, 2.45) is 5.92 Å². The largest absolute Gasteiger partial charge is 0.381 e. The Kier molecular flexibility index (Phi) is 2.53. The summed E-state index contributed by atoms with van der Waals surface area (Å²) in [6.45, 7) is 1.68. The van der Waals surface area contributed by atoms with Crippen LogP contribution in [0.3, 0.4) is 0 Å². The van der Waals surface area contributed by atoms with Gasteiger partial charge < -0.3 is 4.74 Å². The fraction of sp³-hybridized carbons (Fsp3) is 0.455. The van der Waals surface area contributed by atoms with Crippen molar-refractivity contribution in [2.75, 3.05) is 13.2 Å². The molecule has 0 radical (unpaired) electrons. The Balaban J connectivity index is 1.97. The summed E-state index contributed by atoms with van der Waals surface area (Å²) in [5.41, 5.74) is 0.807. The Hall–Kier alpha value is -1.13. The Bertz CT molecular complexity index is 505. The van der Waals surface area contributed by atoms with Gasteiger partial charge in [0.05, 0.1) is 0 Å². The molecule has 1 aliphatic heterocycles. The Morgan fingerprint density at radius 2 is 2.38 bits per heavy atom. The molecule has 2 aromatic rings. The lowest BCUT2D eigenvalue weighted by atomic mass is 10.1. The molecule has 1 saturated heterocycles. The summed E-state index contributed by atoms with van der Waals surface area (Å²) in [4.78, 5) is 0. The van der Waals surface area contributed by atoms with E-state index in [1.165, 1.54) is 0 Å². The highest BCUT2D eigenvalue weighted by molar-refractivity contribution is 6.29. The van der Waals surface area contributed by atoms with E-state index < -0.39 is 0 Å². The molecule has 16 heavy (non-hydrogen) atoms. The van der Waals surface area contributed by atoms with Gasteiger partial charge in [-0.2, -0.15) is 0 Å². The number of ether oxygens (including phenoxy) is 1. The van der Waals surface area contributed by atoms with Crippen LogP contribution in [0.2, 0.25) is 5.15 Å². The van der Waals surface area contributed by atoms with E-state index in [1.54, 1.807) is 0 Å². The molecule has 0 aliphatic carbocycles. The topological polar surface area (TPSA) is 39.4 Å². The summed E-state index contributed by atoms with van der Waals surface area (Å²) >= 11 is 6.14. The van der Waals surface area contributed by atoms with Crippen LogP contribution in [0.5, 0.6) is 0 Å². The fourth-order valence-corrected chi connectivity index (χ4v) is 2.35. The molecule has 1 aliphatic rings. The smallest absolute Gasteiger partial charge is 0.161 e. The van der Waals surface area contributed by atoms with Crippen LogP contribution in [0, 0.1) is 5.92 Å². The first kappa shape index (κ1) is 10.1. The predicted molar refractivity (Wildman–Crippen MR) is 60.6 cm³/mol. The van der Waals surface area contributed by atoms with E-state index in [9.17, 15) is 0 Å². The molecular formula is C11H12ClN3O. The maximum atomic E-state index is 6.14. The molecule has 3 heterocycles. The average molecular weight is 238 g/mol. The number of fused-ring (bicyclic) bond motifs is 1. The van der Waals surface area contributed by atoms with E-state index in [1.807, 2.05) is 22.6 Å². The van der Waals surface area contributed by atoms with Crippen molar-refractivity contribution in [1.29, 1.82) is 0 Å². The molecule has 1 atom stereocenters. The van der Waals surface area contributed by atoms with Crippen LogP contribution < -0.4 is 0 Å². The molecular weight excluding hydrogens is 226 g/mol. The lowest BCUT2D eigenvalue weighted by Crippen LogP contribution is -2.07. The van der Waals surface area contributed by atoms with Crippen LogP contribution in [-0.2, 0) is 11.2 Å². The summed E-state index contributed by atoms with van der Waals surface area (Å²) in [5, 5.41) is 8.97. The van der Waals surface area contributed by atoms with Gasteiger partial charge >= 0.3 is 0 Å². The molecule has 0 N–H and O–H groups in total. The number of rotatable bonds is 2. The first-order chi connectivity index (χ1) is 7.84. The quantitative estimate of drug-likeness (QED) is 0.750. The van der Waals surface area contributed by atoms with Crippen molar-refractivity contribution in [3.8, 4) is 0 Å². The molecule has 84 valence electrons. The molecule has 1 fully saturated rings. The van der Waals surface area contributed by atoms with Crippen molar-refractivity contribution >= 4 is 17.2 Å². The third kappa shape index (κ3) is 1.68. The van der Waals surface area contributed by atoms with Gasteiger partial charge in [-0.15, -0.1) is 10.2 Å². The van der Waals surface area contributed by atoms with Crippen LogP contribution in [0.15, 0.2) is 18.2 Å². The average Bonchev–Trinajstić information content (AvgIpc) is 2.90. The first-order valence-electron chi connectivity index (χ1n) is 5.41. The molecule has 3 rings (SSSR count). The Morgan fingerprint density at radius 3 is 3.19 bits per heavy atom. The van der Waals surface area contributed by atoms with Gasteiger partial charge in [0.2, 0.25) is 0 Å². The zero-order valence-electron chi connectivity index (χ0n) is 8.77. The minimum absolute atomic E-state index is 0.545. The van der Waals surface area contributed by atoms with Gasteiger partial charge in [-0.3, -0.25) is 4.40 Å². The van der Waals surface area contributed by atoms with Crippen LogP contribution in [-0.4, -0.2) is 27.8 Å². The lowest BCUT2D eigenvalue weighted by molar-refractivity contribution is 0.185. The van der Waals surface area contributed by atoms with Crippen molar-refractivity contribution < 1.29 is 4.74 Å². The van der Waals surface area contributed by atoms with Crippen molar-refractivity contribution in [2.45, 2.75) is 12.8 Å². The van der Waals surface area contributed by atoms with Gasteiger partial charge in [0.25, 0.3) is 0 Å². The SMILES string of the molecule is Clc1cccc2nnc(CC3CCOC3)n12. The van der Waals surface area contributed by atoms with Crippen LogP contribution in [0.1, 0.15) is 12.2 Å². The molecule has 4 nitrogen and oxygen atoms in total. The van der Waals surface area contributed by atoms with Gasteiger partial charge in [0.1, 0.15) is 11.0 Å². The predicted octanol–water partition coefficient (Wildman–Crippen LogP) is 1.96. The van der Waals surface area contributed by atoms with E-state index in [4.69, 9.17) is 16.3 Å². The number of hydrogen-bond donors (Lipinski definition) is 0. The summed E-state index contributed by atoms with van der Waals surface area (Å²) < 4.78 is 7.26. The van der Waals surface area contributed by atoms with Crippen LogP contribution in [0.25, 0.3) is 5.65 Å². The maximum absolute atomic E-state index is 6.14. The van der Waals surface area contributed by atoms with Gasteiger partial charge in [-0.1, -0.05) is 17.7 Å². The number of pyridine rings is 1. The molecule has 0 bridgehead atoms. The standard InChI is InChI=1S/C11H12ClN3O/c12-9-2-1-3-10-13-14-11(15(9)10)6-8-4-5-16-7-8/h1-3,8H,4-7H2. The van der Waals surface area contributed by atoms with E-state index in [0.29, 0.717) is 11.1 Å². The fourth-order valence-electron chi connectivity index (χ4n) is 2.09. The Labute approximate surface area is 98.2 Å². The van der Waals surface area contributed by atoms with Gasteiger partial charge in [-0.25, -0.2) is 0 Å². The normalized spacial score (nSPS) is 20.7. The molecule has 0 aromatic carbocycles. The third-order valence-electron chi connectivity index (χ3n) is 2.94. The zero-order chi connectivity index (χ0) is 11.0. The summed E-state index contributed by atoms with van der Waals surface area (Å²) in [7, 11) is 0. The van der Waals surface area contributed by atoms with E-state index in [-0.39, 0.29) is 0 Å². The van der Waals surface area contributed by atoms with Gasteiger partial charge in [0.15, 0.2) is 5.65 Å². The maximum Gasteiger partial charge on any atom is 0.161 e. The first-order valence-corrected chi connectivity index (χ1v) is 5.78. The van der Waals surface area contributed by atoms with Crippen LogP contribution in [0.4, 0.5) is 0 Å². The van der Waals surface area contributed by atoms with Crippen molar-refractivity contribution in [1.82, 2.24) is 14.6 Å². The highest BCUT2D eigenvalue weighted by Gasteiger charge is 2.19. The number of halogens is 1. The minimum atomic E-state index is 0.545. The van der Waals surface area contributed by atoms with Crippen LogP contribution >= 0.6 is 11.6 Å². The highest BCUT2D eigenvalue weighted by Crippen LogP contribution is 2.20. The zero-order valence-corrected chi connectivity index (χ0v) is 9.52. The van der Waals surface area contributed by atoms with Crippen molar-refractivity contribution in [3.63, 3.8) is 0 Å². The number of hydrogen-bond acceptors (Lipinski definition) is 3. The van der Waals surface area contributed by atoms with Gasteiger partial charge in [0, 0.05) is 19.6 Å². The molecule has 0 spiro atoms. The monoisotopic (exact) mass is 237 g/mol. The second-order valence-corrected chi connectivity index (χ2v) is 4.48. The van der Waals surface area contributed by atoms with Gasteiger partial charge in [-0.05, 0) is 24.5 Å². The lowest BCUT2D eigenvalue weighted by Gasteiger charge is -2.06.